The molecule has 7 rings (SSSR count). The first-order chi connectivity index (χ1) is 20.0. The number of hydrogen-bond donors (Lipinski definition) is 1. The molecule has 2 aromatic carbocycles. The third kappa shape index (κ3) is 4.62. The lowest BCUT2D eigenvalue weighted by Crippen LogP contribution is -2.54. The molecule has 0 radical (unpaired) electrons. The van der Waals surface area contributed by atoms with Crippen LogP contribution in [0.3, 0.4) is 0 Å². The highest BCUT2D eigenvalue weighted by Gasteiger charge is 2.44. The van der Waals surface area contributed by atoms with Crippen molar-refractivity contribution in [2.75, 3.05) is 13.1 Å². The molecule has 0 spiro atoms. The molecule has 3 aliphatic heterocycles. The third-order valence-electron chi connectivity index (χ3n) is 8.30. The lowest BCUT2D eigenvalue weighted by molar-refractivity contribution is -0.136. The number of piperidine rings is 2. The molecule has 4 aromatic rings. The Morgan fingerprint density at radius 2 is 1.66 bits per heavy atom. The standard InChI is InChI=1S/C31H27N5O4S/c37-26-9-8-24(28(38)34-26)36-30(39)21-7-6-18(14-22(21)31(36)40)16-35-12-10-20(11-13-35)27-23-15-25(19-4-2-1-3-5-19)41-29(23)33-17-32-27/h1-7,14-15,17,20,24H,8-13,16H2,(H,34,37,38). The molecule has 1 atom stereocenters. The van der Waals surface area contributed by atoms with Gasteiger partial charge < -0.3 is 0 Å². The van der Waals surface area contributed by atoms with Crippen LogP contribution in [0.1, 0.15) is 63.6 Å². The maximum Gasteiger partial charge on any atom is 0.262 e. The number of hydrogen-bond acceptors (Lipinski definition) is 8. The van der Waals surface area contributed by atoms with Gasteiger partial charge in [0.15, 0.2) is 0 Å². The van der Waals surface area contributed by atoms with Crippen LogP contribution in [0, 0.1) is 0 Å². The Kier molecular flexibility index (Phi) is 6.44. The predicted octanol–water partition coefficient (Wildman–Crippen LogP) is 4.14. The Morgan fingerprint density at radius 3 is 2.44 bits per heavy atom. The van der Waals surface area contributed by atoms with Gasteiger partial charge in [-0.3, -0.25) is 34.3 Å². The van der Waals surface area contributed by atoms with Gasteiger partial charge in [-0.15, -0.1) is 11.3 Å². The predicted molar refractivity (Wildman–Crippen MR) is 153 cm³/mol. The molecule has 10 heteroatoms. The normalized spacial score (nSPS) is 20.1. The van der Waals surface area contributed by atoms with Crippen molar-refractivity contribution in [1.29, 1.82) is 0 Å². The molecule has 2 aromatic heterocycles. The van der Waals surface area contributed by atoms with Crippen LogP contribution < -0.4 is 5.32 Å². The molecule has 1 N–H and O–H groups in total. The number of nitrogens with one attached hydrogen (secondary N) is 1. The van der Waals surface area contributed by atoms with Gasteiger partial charge in [-0.05, 0) is 61.7 Å². The molecule has 0 aliphatic carbocycles. The average molecular weight is 566 g/mol. The molecule has 2 saturated heterocycles. The molecule has 0 saturated carbocycles. The van der Waals surface area contributed by atoms with Crippen LogP contribution in [0.15, 0.2) is 60.9 Å². The number of benzene rings is 2. The van der Waals surface area contributed by atoms with Crippen molar-refractivity contribution in [3.63, 3.8) is 0 Å². The summed E-state index contributed by atoms with van der Waals surface area (Å²) in [5.74, 6) is -1.59. The number of rotatable bonds is 5. The van der Waals surface area contributed by atoms with Crippen molar-refractivity contribution < 1.29 is 19.2 Å². The monoisotopic (exact) mass is 565 g/mol. The minimum atomic E-state index is -0.956. The van der Waals surface area contributed by atoms with Crippen molar-refractivity contribution in [2.45, 2.75) is 44.2 Å². The van der Waals surface area contributed by atoms with E-state index in [1.54, 1.807) is 29.8 Å². The zero-order valence-electron chi connectivity index (χ0n) is 22.2. The largest absolute Gasteiger partial charge is 0.299 e. The van der Waals surface area contributed by atoms with E-state index in [0.717, 1.165) is 52.3 Å². The first kappa shape index (κ1) is 25.7. The molecule has 0 bridgehead atoms. The van der Waals surface area contributed by atoms with Crippen molar-refractivity contribution in [1.82, 2.24) is 25.1 Å². The van der Waals surface area contributed by atoms with E-state index in [9.17, 15) is 19.2 Å². The van der Waals surface area contributed by atoms with Gasteiger partial charge in [-0.2, -0.15) is 0 Å². The summed E-state index contributed by atoms with van der Waals surface area (Å²) in [6.45, 7) is 2.44. The zero-order valence-corrected chi connectivity index (χ0v) is 23.0. The Balaban J connectivity index is 1.03. The van der Waals surface area contributed by atoms with Gasteiger partial charge in [0.1, 0.15) is 17.2 Å². The molecule has 2 fully saturated rings. The van der Waals surface area contributed by atoms with Crippen molar-refractivity contribution in [3.05, 3.63) is 83.3 Å². The number of nitrogens with zero attached hydrogens (tertiary/aromatic N) is 4. The van der Waals surface area contributed by atoms with E-state index >= 15 is 0 Å². The van der Waals surface area contributed by atoms with Crippen molar-refractivity contribution in [3.8, 4) is 10.4 Å². The zero-order chi connectivity index (χ0) is 28.1. The number of carbonyl (C=O) groups excluding carboxylic acids is 4. The van der Waals surface area contributed by atoms with Gasteiger partial charge in [0, 0.05) is 29.1 Å². The SMILES string of the molecule is O=C1CCC(N2C(=O)c3ccc(CN4CCC(c5ncnc6sc(-c7ccccc7)cc56)CC4)cc3C2=O)C(=O)N1. The van der Waals surface area contributed by atoms with Crippen LogP contribution >= 0.6 is 11.3 Å². The molecule has 206 valence electrons. The van der Waals surface area contributed by atoms with E-state index in [1.807, 2.05) is 24.3 Å². The molecule has 3 aliphatic rings. The molecule has 1 unspecified atom stereocenters. The van der Waals surface area contributed by atoms with E-state index in [4.69, 9.17) is 4.98 Å². The second kappa shape index (κ2) is 10.3. The van der Waals surface area contributed by atoms with Gasteiger partial charge in [-0.1, -0.05) is 36.4 Å². The van der Waals surface area contributed by atoms with Crippen LogP contribution in [0.25, 0.3) is 20.7 Å². The van der Waals surface area contributed by atoms with Crippen molar-refractivity contribution in [2.24, 2.45) is 0 Å². The second-order valence-electron chi connectivity index (χ2n) is 10.8. The molecule has 9 nitrogen and oxygen atoms in total. The smallest absolute Gasteiger partial charge is 0.262 e. The van der Waals surface area contributed by atoms with E-state index in [2.05, 4.69) is 33.4 Å². The highest BCUT2D eigenvalue weighted by atomic mass is 32.1. The number of aromatic nitrogens is 2. The highest BCUT2D eigenvalue weighted by molar-refractivity contribution is 7.21. The summed E-state index contributed by atoms with van der Waals surface area (Å²) >= 11 is 1.70. The van der Waals surface area contributed by atoms with Crippen LogP contribution in [0.2, 0.25) is 0 Å². The summed E-state index contributed by atoms with van der Waals surface area (Å²) in [5, 5.41) is 3.37. The third-order valence-corrected chi connectivity index (χ3v) is 9.40. The number of likely N-dealkylation sites (tertiary alicyclic amines) is 1. The second-order valence-corrected chi connectivity index (χ2v) is 11.9. The fraction of sp³-hybridized carbons (Fsp3) is 0.290. The highest BCUT2D eigenvalue weighted by Crippen LogP contribution is 2.38. The summed E-state index contributed by atoms with van der Waals surface area (Å²) in [6, 6.07) is 17.0. The Labute approximate surface area is 240 Å². The van der Waals surface area contributed by atoms with E-state index in [-0.39, 0.29) is 18.7 Å². The molecule has 41 heavy (non-hydrogen) atoms. The summed E-state index contributed by atoms with van der Waals surface area (Å²) in [6.07, 6.45) is 3.86. The summed E-state index contributed by atoms with van der Waals surface area (Å²) in [5.41, 5.74) is 3.88. The number of carbonyl (C=O) groups is 4. The van der Waals surface area contributed by atoms with E-state index < -0.39 is 23.8 Å². The van der Waals surface area contributed by atoms with Crippen LogP contribution in [-0.4, -0.2) is 62.5 Å². The van der Waals surface area contributed by atoms with Crippen LogP contribution in [-0.2, 0) is 16.1 Å². The summed E-state index contributed by atoms with van der Waals surface area (Å²) < 4.78 is 0. The number of amides is 4. The van der Waals surface area contributed by atoms with Gasteiger partial charge in [-0.25, -0.2) is 9.97 Å². The fourth-order valence-electron chi connectivity index (χ4n) is 6.18. The van der Waals surface area contributed by atoms with E-state index in [0.29, 0.717) is 23.6 Å². The Hall–Kier alpha value is -4.28. The van der Waals surface area contributed by atoms with E-state index in [1.165, 1.54) is 10.4 Å². The first-order valence-corrected chi connectivity index (χ1v) is 14.6. The quantitative estimate of drug-likeness (QED) is 0.362. The number of imide groups is 2. The van der Waals surface area contributed by atoms with Crippen LogP contribution in [0.4, 0.5) is 0 Å². The van der Waals surface area contributed by atoms with Gasteiger partial charge in [0.25, 0.3) is 11.8 Å². The molecular formula is C31H27N5O4S. The average Bonchev–Trinajstić information content (AvgIpc) is 3.53. The molecule has 5 heterocycles. The van der Waals surface area contributed by atoms with Gasteiger partial charge >= 0.3 is 0 Å². The minimum Gasteiger partial charge on any atom is -0.299 e. The maximum atomic E-state index is 13.2. The summed E-state index contributed by atoms with van der Waals surface area (Å²) in [4.78, 5) is 64.9. The fourth-order valence-corrected chi connectivity index (χ4v) is 7.20. The number of fused-ring (bicyclic) bond motifs is 2. The lowest BCUT2D eigenvalue weighted by Gasteiger charge is -2.32. The van der Waals surface area contributed by atoms with Crippen molar-refractivity contribution >= 4 is 45.2 Å². The maximum absolute atomic E-state index is 13.2. The minimum absolute atomic E-state index is 0.103. The van der Waals surface area contributed by atoms with Gasteiger partial charge in [0.05, 0.1) is 16.8 Å². The topological polar surface area (TPSA) is 113 Å². The summed E-state index contributed by atoms with van der Waals surface area (Å²) in [7, 11) is 0. The molecule has 4 amide bonds. The Bertz CT molecular complexity index is 1710. The van der Waals surface area contributed by atoms with Gasteiger partial charge in [0.2, 0.25) is 11.8 Å². The molecular weight excluding hydrogens is 538 g/mol. The number of thiophene rings is 1. The Morgan fingerprint density at radius 1 is 0.878 bits per heavy atom. The lowest BCUT2D eigenvalue weighted by atomic mass is 9.91. The first-order valence-electron chi connectivity index (χ1n) is 13.8. The van der Waals surface area contributed by atoms with Crippen LogP contribution in [0.5, 0.6) is 0 Å².